The molecule has 0 heterocycles. The van der Waals surface area contributed by atoms with Crippen molar-refractivity contribution in [2.24, 2.45) is 5.73 Å². The maximum atomic E-state index is 11.0. The molecule has 2 heteroatoms. The fourth-order valence-corrected chi connectivity index (χ4v) is 3.52. The van der Waals surface area contributed by atoms with E-state index in [9.17, 15) is 5.11 Å². The highest BCUT2D eigenvalue weighted by Crippen LogP contribution is 2.45. The van der Waals surface area contributed by atoms with Gasteiger partial charge in [0.2, 0.25) is 0 Å². The van der Waals surface area contributed by atoms with Crippen molar-refractivity contribution in [1.82, 2.24) is 0 Å². The molecule has 2 atom stereocenters. The summed E-state index contributed by atoms with van der Waals surface area (Å²) in [6.45, 7) is 0.472. The zero-order chi connectivity index (χ0) is 14.0. The summed E-state index contributed by atoms with van der Waals surface area (Å²) in [5, 5.41) is 11.0. The summed E-state index contributed by atoms with van der Waals surface area (Å²) in [4.78, 5) is 0. The number of fused-ring (bicyclic) bond motifs is 1. The van der Waals surface area contributed by atoms with Gasteiger partial charge < -0.3 is 10.8 Å². The third-order valence-electron chi connectivity index (χ3n) is 4.63. The Balaban J connectivity index is 2.09. The first-order valence-corrected chi connectivity index (χ1v) is 7.29. The van der Waals surface area contributed by atoms with Crippen molar-refractivity contribution in [2.75, 3.05) is 6.54 Å². The van der Waals surface area contributed by atoms with Gasteiger partial charge in [0, 0.05) is 12.0 Å². The smallest absolute Gasteiger partial charge is 0.0898 e. The molecule has 2 nitrogen and oxygen atoms in total. The molecule has 2 unspecified atom stereocenters. The Morgan fingerprint density at radius 3 is 2.50 bits per heavy atom. The summed E-state index contributed by atoms with van der Waals surface area (Å²) in [6.07, 6.45) is 2.56. The normalized spacial score (nSPS) is 23.1. The second kappa shape index (κ2) is 5.39. The molecule has 1 aliphatic rings. The Bertz CT molecular complexity index is 581. The van der Waals surface area contributed by atoms with Gasteiger partial charge in [-0.15, -0.1) is 0 Å². The predicted molar refractivity (Wildman–Crippen MR) is 81.5 cm³/mol. The van der Waals surface area contributed by atoms with Gasteiger partial charge in [0.25, 0.3) is 0 Å². The lowest BCUT2D eigenvalue weighted by Crippen LogP contribution is -2.43. The van der Waals surface area contributed by atoms with E-state index in [0.29, 0.717) is 6.54 Å². The van der Waals surface area contributed by atoms with Gasteiger partial charge in [0.1, 0.15) is 0 Å². The minimum Gasteiger partial charge on any atom is -0.387 e. The number of rotatable bonds is 3. The van der Waals surface area contributed by atoms with Crippen LogP contribution in [0.4, 0.5) is 0 Å². The Morgan fingerprint density at radius 1 is 1.05 bits per heavy atom. The number of hydrogen-bond acceptors (Lipinski definition) is 2. The van der Waals surface area contributed by atoms with Crippen molar-refractivity contribution in [3.05, 3.63) is 71.3 Å². The number of aryl methyl sites for hydroxylation is 1. The van der Waals surface area contributed by atoms with E-state index in [1.165, 1.54) is 11.1 Å². The lowest BCUT2D eigenvalue weighted by Gasteiger charge is -2.42. The summed E-state index contributed by atoms with van der Waals surface area (Å²) in [5.41, 5.74) is 9.29. The number of nitrogens with two attached hydrogens (primary N) is 1. The molecule has 0 bridgehead atoms. The summed E-state index contributed by atoms with van der Waals surface area (Å²) >= 11 is 0. The zero-order valence-corrected chi connectivity index (χ0v) is 11.6. The zero-order valence-electron chi connectivity index (χ0n) is 11.6. The van der Waals surface area contributed by atoms with Crippen LogP contribution in [0.3, 0.4) is 0 Å². The summed E-state index contributed by atoms with van der Waals surface area (Å²) in [6, 6.07) is 18.3. The molecule has 0 amide bonds. The Kier molecular flexibility index (Phi) is 3.60. The number of aliphatic hydroxyl groups excluding tert-OH is 1. The predicted octanol–water partition coefficient (Wildman–Crippen LogP) is 2.95. The Morgan fingerprint density at radius 2 is 1.75 bits per heavy atom. The number of hydrogen-bond donors (Lipinski definition) is 2. The van der Waals surface area contributed by atoms with Crippen molar-refractivity contribution in [3.63, 3.8) is 0 Å². The van der Waals surface area contributed by atoms with Crippen LogP contribution in [0.15, 0.2) is 54.6 Å². The van der Waals surface area contributed by atoms with Crippen LogP contribution in [0.5, 0.6) is 0 Å². The van der Waals surface area contributed by atoms with E-state index in [4.69, 9.17) is 5.73 Å². The molecule has 0 saturated heterocycles. The second-order valence-electron chi connectivity index (χ2n) is 5.68. The molecule has 0 fully saturated rings. The highest BCUT2D eigenvalue weighted by molar-refractivity contribution is 5.40. The Labute approximate surface area is 120 Å². The van der Waals surface area contributed by atoms with E-state index < -0.39 is 6.10 Å². The van der Waals surface area contributed by atoms with Crippen LogP contribution in [-0.2, 0) is 11.8 Å². The fraction of sp³-hybridized carbons (Fsp3) is 0.333. The highest BCUT2D eigenvalue weighted by Gasteiger charge is 2.42. The van der Waals surface area contributed by atoms with Crippen molar-refractivity contribution in [3.8, 4) is 0 Å². The first-order chi connectivity index (χ1) is 9.78. The van der Waals surface area contributed by atoms with E-state index in [-0.39, 0.29) is 5.41 Å². The maximum Gasteiger partial charge on any atom is 0.0898 e. The van der Waals surface area contributed by atoms with Crippen molar-refractivity contribution >= 4 is 0 Å². The SMILES string of the molecule is NCC1(C(O)c2ccccc2)CCCc2ccccc21. The van der Waals surface area contributed by atoms with Crippen molar-refractivity contribution < 1.29 is 5.11 Å². The van der Waals surface area contributed by atoms with Gasteiger partial charge in [-0.3, -0.25) is 0 Å². The standard InChI is InChI=1S/C18H21NO/c19-13-18(17(20)15-8-2-1-3-9-15)12-6-10-14-7-4-5-11-16(14)18/h1-5,7-9,11,17,20H,6,10,12-13,19H2. The lowest BCUT2D eigenvalue weighted by molar-refractivity contribution is 0.0718. The molecular weight excluding hydrogens is 246 g/mol. The van der Waals surface area contributed by atoms with Gasteiger partial charge in [-0.05, 0) is 36.0 Å². The number of aliphatic hydroxyl groups is 1. The van der Waals surface area contributed by atoms with Gasteiger partial charge in [-0.1, -0.05) is 54.6 Å². The van der Waals surface area contributed by atoms with Crippen LogP contribution in [0.2, 0.25) is 0 Å². The van der Waals surface area contributed by atoms with Crippen molar-refractivity contribution in [1.29, 1.82) is 0 Å². The van der Waals surface area contributed by atoms with Gasteiger partial charge in [-0.2, -0.15) is 0 Å². The molecule has 0 aliphatic heterocycles. The van der Waals surface area contributed by atoms with Gasteiger partial charge in [0.05, 0.1) is 6.10 Å². The van der Waals surface area contributed by atoms with E-state index in [2.05, 4.69) is 18.2 Å². The maximum absolute atomic E-state index is 11.0. The van der Waals surface area contributed by atoms with Gasteiger partial charge in [0.15, 0.2) is 0 Å². The van der Waals surface area contributed by atoms with E-state index in [1.54, 1.807) is 0 Å². The molecule has 20 heavy (non-hydrogen) atoms. The summed E-state index contributed by atoms with van der Waals surface area (Å²) in [7, 11) is 0. The molecule has 3 N–H and O–H groups in total. The van der Waals surface area contributed by atoms with Crippen LogP contribution >= 0.6 is 0 Å². The van der Waals surface area contributed by atoms with Crippen LogP contribution < -0.4 is 5.73 Å². The molecule has 104 valence electrons. The fourth-order valence-electron chi connectivity index (χ4n) is 3.52. The third-order valence-corrected chi connectivity index (χ3v) is 4.63. The second-order valence-corrected chi connectivity index (χ2v) is 5.68. The van der Waals surface area contributed by atoms with E-state index in [1.807, 2.05) is 36.4 Å². The van der Waals surface area contributed by atoms with Gasteiger partial charge in [-0.25, -0.2) is 0 Å². The molecule has 0 aromatic heterocycles. The molecular formula is C18H21NO. The van der Waals surface area contributed by atoms with Crippen LogP contribution in [0, 0.1) is 0 Å². The average Bonchev–Trinajstić information content (AvgIpc) is 2.54. The quantitative estimate of drug-likeness (QED) is 0.898. The lowest BCUT2D eigenvalue weighted by atomic mass is 9.65. The molecule has 0 radical (unpaired) electrons. The van der Waals surface area contributed by atoms with Crippen LogP contribution in [0.25, 0.3) is 0 Å². The topological polar surface area (TPSA) is 46.2 Å². The molecule has 0 spiro atoms. The minimum absolute atomic E-state index is 0.351. The highest BCUT2D eigenvalue weighted by atomic mass is 16.3. The summed E-state index contributed by atoms with van der Waals surface area (Å²) < 4.78 is 0. The first kappa shape index (κ1) is 13.3. The Hall–Kier alpha value is -1.64. The van der Waals surface area contributed by atoms with Gasteiger partial charge >= 0.3 is 0 Å². The first-order valence-electron chi connectivity index (χ1n) is 7.29. The van der Waals surface area contributed by atoms with E-state index in [0.717, 1.165) is 24.8 Å². The molecule has 0 saturated carbocycles. The average molecular weight is 267 g/mol. The molecule has 3 rings (SSSR count). The summed E-state index contributed by atoms with van der Waals surface area (Å²) in [5.74, 6) is 0. The molecule has 1 aliphatic carbocycles. The number of benzene rings is 2. The molecule has 2 aromatic rings. The van der Waals surface area contributed by atoms with Crippen molar-refractivity contribution in [2.45, 2.75) is 30.8 Å². The van der Waals surface area contributed by atoms with E-state index >= 15 is 0 Å². The third kappa shape index (κ3) is 2.05. The molecule has 2 aromatic carbocycles. The van der Waals surface area contributed by atoms with Crippen LogP contribution in [0.1, 0.15) is 35.6 Å². The monoisotopic (exact) mass is 267 g/mol. The largest absolute Gasteiger partial charge is 0.387 e. The minimum atomic E-state index is -0.546. The van der Waals surface area contributed by atoms with Crippen LogP contribution in [-0.4, -0.2) is 11.7 Å².